The third kappa shape index (κ3) is 2.21. The summed E-state index contributed by atoms with van der Waals surface area (Å²) in [6, 6.07) is 2.15. The van der Waals surface area contributed by atoms with Gasteiger partial charge >= 0.3 is 0 Å². The molecule has 22 heavy (non-hydrogen) atoms. The molecule has 0 bridgehead atoms. The van der Waals surface area contributed by atoms with Crippen molar-refractivity contribution in [1.82, 2.24) is 24.5 Å². The minimum Gasteiger partial charge on any atom is -0.273 e. The zero-order valence-electron chi connectivity index (χ0n) is 14.2. The van der Waals surface area contributed by atoms with Crippen LogP contribution >= 0.6 is 0 Å². The Hall–Kier alpha value is -2.17. The Morgan fingerprint density at radius 2 is 1.91 bits per heavy atom. The van der Waals surface area contributed by atoms with E-state index in [1.807, 2.05) is 22.6 Å². The molecule has 0 atom stereocenters. The summed E-state index contributed by atoms with van der Waals surface area (Å²) in [4.78, 5) is 4.72. The maximum atomic E-state index is 4.77. The van der Waals surface area contributed by atoms with Gasteiger partial charge in [0, 0.05) is 24.3 Å². The van der Waals surface area contributed by atoms with Gasteiger partial charge in [0.1, 0.15) is 0 Å². The molecule has 3 aromatic heterocycles. The van der Waals surface area contributed by atoms with Crippen molar-refractivity contribution >= 4 is 11.0 Å². The molecule has 3 aromatic rings. The van der Waals surface area contributed by atoms with Crippen molar-refractivity contribution in [1.29, 1.82) is 0 Å². The van der Waals surface area contributed by atoms with Gasteiger partial charge in [-0.3, -0.25) is 4.68 Å². The second-order valence-corrected chi connectivity index (χ2v) is 6.17. The highest BCUT2D eigenvalue weighted by atomic mass is 15.3. The molecule has 0 unspecified atom stereocenters. The summed E-state index contributed by atoms with van der Waals surface area (Å²) in [5.41, 5.74) is 6.53. The Labute approximate surface area is 131 Å². The molecule has 0 aliphatic rings. The lowest BCUT2D eigenvalue weighted by molar-refractivity contribution is 0.773. The molecule has 0 amide bonds. The average molecular weight is 297 g/mol. The SMILES string of the molecule is CCc1nc2nn(C)cc2cc1-n1nc(C)c(C(C)C)c1C. The molecule has 0 aromatic carbocycles. The van der Waals surface area contributed by atoms with Crippen molar-refractivity contribution in [2.75, 3.05) is 0 Å². The van der Waals surface area contributed by atoms with Gasteiger partial charge in [-0.05, 0) is 37.8 Å². The van der Waals surface area contributed by atoms with Crippen molar-refractivity contribution < 1.29 is 0 Å². The van der Waals surface area contributed by atoms with Gasteiger partial charge in [0.2, 0.25) is 0 Å². The van der Waals surface area contributed by atoms with E-state index < -0.39 is 0 Å². The van der Waals surface area contributed by atoms with Gasteiger partial charge in [-0.2, -0.15) is 10.2 Å². The Morgan fingerprint density at radius 3 is 2.50 bits per heavy atom. The van der Waals surface area contributed by atoms with Crippen molar-refractivity contribution in [3.63, 3.8) is 0 Å². The van der Waals surface area contributed by atoms with Crippen LogP contribution in [0.3, 0.4) is 0 Å². The Kier molecular flexibility index (Phi) is 3.51. The summed E-state index contributed by atoms with van der Waals surface area (Å²) in [7, 11) is 1.92. The van der Waals surface area contributed by atoms with E-state index in [0.29, 0.717) is 5.92 Å². The van der Waals surface area contributed by atoms with E-state index in [9.17, 15) is 0 Å². The highest BCUT2D eigenvalue weighted by Gasteiger charge is 2.18. The van der Waals surface area contributed by atoms with Gasteiger partial charge in [-0.25, -0.2) is 9.67 Å². The smallest absolute Gasteiger partial charge is 0.181 e. The highest BCUT2D eigenvalue weighted by molar-refractivity contribution is 5.77. The van der Waals surface area contributed by atoms with Crippen LogP contribution in [0.1, 0.15) is 49.3 Å². The lowest BCUT2D eigenvalue weighted by Crippen LogP contribution is -2.06. The van der Waals surface area contributed by atoms with E-state index in [-0.39, 0.29) is 0 Å². The van der Waals surface area contributed by atoms with E-state index in [1.165, 1.54) is 11.3 Å². The second-order valence-electron chi connectivity index (χ2n) is 6.17. The molecule has 0 fully saturated rings. The summed E-state index contributed by atoms with van der Waals surface area (Å²) < 4.78 is 3.85. The van der Waals surface area contributed by atoms with Crippen LogP contribution in [-0.4, -0.2) is 24.5 Å². The van der Waals surface area contributed by atoms with Crippen molar-refractivity contribution in [2.24, 2.45) is 7.05 Å². The van der Waals surface area contributed by atoms with Crippen molar-refractivity contribution in [2.45, 2.75) is 47.0 Å². The molecule has 0 saturated carbocycles. The zero-order valence-corrected chi connectivity index (χ0v) is 14.2. The Morgan fingerprint density at radius 1 is 1.18 bits per heavy atom. The van der Waals surface area contributed by atoms with Crippen LogP contribution in [-0.2, 0) is 13.5 Å². The van der Waals surface area contributed by atoms with Crippen LogP contribution < -0.4 is 0 Å². The molecule has 3 heterocycles. The monoisotopic (exact) mass is 297 g/mol. The fourth-order valence-electron chi connectivity index (χ4n) is 3.27. The molecule has 116 valence electrons. The molecule has 0 aliphatic carbocycles. The summed E-state index contributed by atoms with van der Waals surface area (Å²) in [5.74, 6) is 0.467. The predicted octanol–water partition coefficient (Wildman–Crippen LogP) is 3.46. The first-order chi connectivity index (χ1) is 10.4. The lowest BCUT2D eigenvalue weighted by Gasteiger charge is -2.10. The van der Waals surface area contributed by atoms with Gasteiger partial charge in [-0.15, -0.1) is 0 Å². The summed E-state index contributed by atoms with van der Waals surface area (Å²) >= 11 is 0. The predicted molar refractivity (Wildman–Crippen MR) is 88.6 cm³/mol. The Bertz CT molecular complexity index is 838. The number of nitrogens with zero attached hydrogens (tertiary/aromatic N) is 5. The van der Waals surface area contributed by atoms with Gasteiger partial charge in [0.25, 0.3) is 0 Å². The van der Waals surface area contributed by atoms with Crippen LogP contribution in [0, 0.1) is 13.8 Å². The molecule has 0 aliphatic heterocycles. The number of hydrogen-bond acceptors (Lipinski definition) is 3. The van der Waals surface area contributed by atoms with Crippen LogP contribution in [0.15, 0.2) is 12.3 Å². The normalized spacial score (nSPS) is 11.8. The molecular weight excluding hydrogens is 274 g/mol. The van der Waals surface area contributed by atoms with E-state index in [4.69, 9.17) is 10.1 Å². The molecule has 0 spiro atoms. The van der Waals surface area contributed by atoms with E-state index >= 15 is 0 Å². The average Bonchev–Trinajstić information content (AvgIpc) is 2.95. The van der Waals surface area contributed by atoms with Crippen molar-refractivity contribution in [3.05, 3.63) is 34.9 Å². The largest absolute Gasteiger partial charge is 0.273 e. The zero-order chi connectivity index (χ0) is 16.0. The van der Waals surface area contributed by atoms with Gasteiger partial charge < -0.3 is 0 Å². The van der Waals surface area contributed by atoms with Gasteiger partial charge in [0.05, 0.1) is 17.1 Å². The van der Waals surface area contributed by atoms with Crippen LogP contribution in [0.25, 0.3) is 16.7 Å². The number of rotatable bonds is 3. The summed E-state index contributed by atoms with van der Waals surface area (Å²) in [6.45, 7) is 10.8. The first-order valence-electron chi connectivity index (χ1n) is 7.82. The molecule has 0 radical (unpaired) electrons. The van der Waals surface area contributed by atoms with Gasteiger partial charge in [-0.1, -0.05) is 20.8 Å². The molecule has 5 nitrogen and oxygen atoms in total. The van der Waals surface area contributed by atoms with Gasteiger partial charge in [0.15, 0.2) is 5.65 Å². The topological polar surface area (TPSA) is 48.5 Å². The number of pyridine rings is 1. The number of aromatic nitrogens is 5. The fraction of sp³-hybridized carbons (Fsp3) is 0.471. The maximum absolute atomic E-state index is 4.77. The van der Waals surface area contributed by atoms with Crippen molar-refractivity contribution in [3.8, 4) is 5.69 Å². The molecule has 0 saturated heterocycles. The number of fused-ring (bicyclic) bond motifs is 1. The molecular formula is C17H23N5. The lowest BCUT2D eigenvalue weighted by atomic mass is 10.0. The number of hydrogen-bond donors (Lipinski definition) is 0. The van der Waals surface area contributed by atoms with Crippen LogP contribution in [0.4, 0.5) is 0 Å². The quantitative estimate of drug-likeness (QED) is 0.744. The Balaban J connectivity index is 2.27. The minimum atomic E-state index is 0.467. The second kappa shape index (κ2) is 5.23. The van der Waals surface area contributed by atoms with E-state index in [0.717, 1.165) is 34.5 Å². The summed E-state index contributed by atoms with van der Waals surface area (Å²) in [6.07, 6.45) is 2.86. The molecule has 3 rings (SSSR count). The first-order valence-corrected chi connectivity index (χ1v) is 7.82. The third-order valence-corrected chi connectivity index (χ3v) is 4.15. The standard InChI is InChI=1S/C17H23N5/c1-7-14-15(8-13-9-21(6)20-17(13)18-14)22-12(5)16(10(2)3)11(4)19-22/h8-10H,7H2,1-6H3. The van der Waals surface area contributed by atoms with Crippen LogP contribution in [0.5, 0.6) is 0 Å². The summed E-state index contributed by atoms with van der Waals surface area (Å²) in [5, 5.41) is 10.2. The number of aryl methyl sites for hydroxylation is 3. The van der Waals surface area contributed by atoms with Crippen LogP contribution in [0.2, 0.25) is 0 Å². The fourth-order valence-corrected chi connectivity index (χ4v) is 3.27. The third-order valence-electron chi connectivity index (χ3n) is 4.15. The maximum Gasteiger partial charge on any atom is 0.181 e. The molecule has 0 N–H and O–H groups in total. The van der Waals surface area contributed by atoms with E-state index in [2.05, 4.69) is 45.8 Å². The molecule has 5 heteroatoms. The first kappa shape index (κ1) is 14.8. The minimum absolute atomic E-state index is 0.467. The van der Waals surface area contributed by atoms with E-state index in [1.54, 1.807) is 0 Å². The highest BCUT2D eigenvalue weighted by Crippen LogP contribution is 2.27.